The van der Waals surface area contributed by atoms with E-state index in [-0.39, 0.29) is 35.8 Å². The molecule has 0 fully saturated rings. The Morgan fingerprint density at radius 1 is 1.41 bits per heavy atom. The number of benzene rings is 1. The molecule has 0 aliphatic rings. The van der Waals surface area contributed by atoms with E-state index in [1.807, 2.05) is 20.8 Å². The maximum atomic E-state index is 11.9. The van der Waals surface area contributed by atoms with E-state index in [1.165, 1.54) is 6.07 Å². The minimum absolute atomic E-state index is 0.0151. The van der Waals surface area contributed by atoms with Gasteiger partial charge in [-0.2, -0.15) is 0 Å². The third kappa shape index (κ3) is 3.46. The van der Waals surface area contributed by atoms with E-state index < -0.39 is 0 Å². The number of aliphatic hydroxyl groups excluding tert-OH is 1. The number of rotatable bonds is 4. The maximum absolute atomic E-state index is 11.9. The molecule has 0 aromatic heterocycles. The van der Waals surface area contributed by atoms with Gasteiger partial charge in [0.25, 0.3) is 5.91 Å². The molecule has 0 spiro atoms. The molecule has 2 unspecified atom stereocenters. The van der Waals surface area contributed by atoms with Crippen molar-refractivity contribution >= 4 is 5.91 Å². The normalized spacial score (nSPS) is 14.1. The fraction of sp³-hybridized carbons (Fsp3) is 0.462. The Bertz CT molecular complexity index is 404. The van der Waals surface area contributed by atoms with Crippen LogP contribution in [0.25, 0.3) is 0 Å². The number of aliphatic hydroxyl groups is 1. The average Bonchev–Trinajstić information content (AvgIpc) is 2.30. The number of aromatic hydroxyl groups is 1. The highest BCUT2D eigenvalue weighted by atomic mass is 16.3. The Balaban J connectivity index is 2.79. The summed E-state index contributed by atoms with van der Waals surface area (Å²) in [4.78, 5) is 11.9. The lowest BCUT2D eigenvalue weighted by atomic mass is 10.0. The van der Waals surface area contributed by atoms with Gasteiger partial charge < -0.3 is 15.5 Å². The fourth-order valence-electron chi connectivity index (χ4n) is 1.42. The Hall–Kier alpha value is -1.55. The van der Waals surface area contributed by atoms with Crippen LogP contribution in [0.4, 0.5) is 0 Å². The second-order valence-corrected chi connectivity index (χ2v) is 4.44. The molecule has 94 valence electrons. The van der Waals surface area contributed by atoms with Gasteiger partial charge >= 0.3 is 0 Å². The van der Waals surface area contributed by atoms with E-state index in [9.17, 15) is 9.90 Å². The van der Waals surface area contributed by atoms with Crippen molar-refractivity contribution < 1.29 is 15.0 Å². The molecule has 3 N–H and O–H groups in total. The summed E-state index contributed by atoms with van der Waals surface area (Å²) in [5.74, 6) is -0.373. The Morgan fingerprint density at radius 2 is 2.06 bits per heavy atom. The molecule has 0 radical (unpaired) electrons. The molecule has 2 atom stereocenters. The molecular weight excluding hydrogens is 218 g/mol. The zero-order chi connectivity index (χ0) is 13.0. The highest BCUT2D eigenvalue weighted by Crippen LogP contribution is 2.18. The summed E-state index contributed by atoms with van der Waals surface area (Å²) in [6.45, 7) is 5.55. The van der Waals surface area contributed by atoms with Gasteiger partial charge in [-0.25, -0.2) is 0 Å². The molecule has 1 rings (SSSR count). The van der Waals surface area contributed by atoms with Crippen LogP contribution in [-0.4, -0.2) is 28.8 Å². The molecule has 1 aromatic rings. The van der Waals surface area contributed by atoms with Crippen molar-refractivity contribution in [2.75, 3.05) is 6.61 Å². The first-order valence-electron chi connectivity index (χ1n) is 5.67. The largest absolute Gasteiger partial charge is 0.507 e. The molecule has 0 aliphatic carbocycles. The van der Waals surface area contributed by atoms with Crippen molar-refractivity contribution in [3.63, 3.8) is 0 Å². The van der Waals surface area contributed by atoms with Crippen molar-refractivity contribution in [3.8, 4) is 5.75 Å². The van der Waals surface area contributed by atoms with E-state index in [1.54, 1.807) is 12.1 Å². The minimum Gasteiger partial charge on any atom is -0.507 e. The van der Waals surface area contributed by atoms with Crippen LogP contribution >= 0.6 is 0 Å². The van der Waals surface area contributed by atoms with Crippen LogP contribution in [0.1, 0.15) is 29.8 Å². The number of phenols is 1. The number of aryl methyl sites for hydroxylation is 1. The molecule has 1 aromatic carbocycles. The monoisotopic (exact) mass is 237 g/mol. The summed E-state index contributed by atoms with van der Waals surface area (Å²) >= 11 is 0. The van der Waals surface area contributed by atoms with Gasteiger partial charge in [0.15, 0.2) is 0 Å². The van der Waals surface area contributed by atoms with Crippen LogP contribution in [0.2, 0.25) is 0 Å². The van der Waals surface area contributed by atoms with Crippen LogP contribution in [0, 0.1) is 12.8 Å². The fourth-order valence-corrected chi connectivity index (χ4v) is 1.42. The third-order valence-corrected chi connectivity index (χ3v) is 2.90. The van der Waals surface area contributed by atoms with Crippen molar-refractivity contribution in [2.24, 2.45) is 5.92 Å². The number of nitrogens with one attached hydrogen (secondary N) is 1. The third-order valence-electron chi connectivity index (χ3n) is 2.90. The van der Waals surface area contributed by atoms with Crippen molar-refractivity contribution in [2.45, 2.75) is 26.8 Å². The minimum atomic E-state index is -0.320. The topological polar surface area (TPSA) is 69.6 Å². The molecule has 17 heavy (non-hydrogen) atoms. The van der Waals surface area contributed by atoms with Crippen molar-refractivity contribution in [3.05, 3.63) is 29.3 Å². The zero-order valence-corrected chi connectivity index (χ0v) is 10.4. The Morgan fingerprint density at radius 3 is 2.65 bits per heavy atom. The van der Waals surface area contributed by atoms with Gasteiger partial charge in [-0.1, -0.05) is 18.6 Å². The van der Waals surface area contributed by atoms with Crippen LogP contribution in [0.15, 0.2) is 18.2 Å². The van der Waals surface area contributed by atoms with Crippen LogP contribution in [-0.2, 0) is 0 Å². The van der Waals surface area contributed by atoms with Gasteiger partial charge in [0, 0.05) is 12.6 Å². The van der Waals surface area contributed by atoms with E-state index in [0.29, 0.717) is 0 Å². The number of carbonyl (C=O) groups excluding carboxylic acids is 1. The first-order valence-corrected chi connectivity index (χ1v) is 5.67. The van der Waals surface area contributed by atoms with Gasteiger partial charge in [-0.05, 0) is 31.9 Å². The van der Waals surface area contributed by atoms with E-state index in [0.717, 1.165) is 5.56 Å². The summed E-state index contributed by atoms with van der Waals surface area (Å²) in [5, 5.41) is 21.3. The predicted molar refractivity (Wildman–Crippen MR) is 66.0 cm³/mol. The van der Waals surface area contributed by atoms with E-state index >= 15 is 0 Å². The Kier molecular flexibility index (Phi) is 4.52. The second-order valence-electron chi connectivity index (χ2n) is 4.44. The zero-order valence-electron chi connectivity index (χ0n) is 10.4. The summed E-state index contributed by atoms with van der Waals surface area (Å²) in [5.41, 5.74) is 1.18. The van der Waals surface area contributed by atoms with Gasteiger partial charge in [0.2, 0.25) is 0 Å². The standard InChI is InChI=1S/C13H19NO3/c1-8-4-5-12(16)11(6-8)13(17)14-10(3)9(2)7-15/h4-6,9-10,15-16H,7H2,1-3H3,(H,14,17). The van der Waals surface area contributed by atoms with E-state index in [4.69, 9.17) is 5.11 Å². The maximum Gasteiger partial charge on any atom is 0.255 e. The molecule has 4 heteroatoms. The highest BCUT2D eigenvalue weighted by Gasteiger charge is 2.17. The average molecular weight is 237 g/mol. The lowest BCUT2D eigenvalue weighted by Crippen LogP contribution is -2.38. The van der Waals surface area contributed by atoms with Crippen LogP contribution in [0.3, 0.4) is 0 Å². The molecule has 0 saturated heterocycles. The molecule has 0 saturated carbocycles. The molecular formula is C13H19NO3. The first kappa shape index (κ1) is 13.5. The quantitative estimate of drug-likeness (QED) is 0.742. The summed E-state index contributed by atoms with van der Waals surface area (Å²) < 4.78 is 0. The van der Waals surface area contributed by atoms with E-state index in [2.05, 4.69) is 5.32 Å². The highest BCUT2D eigenvalue weighted by molar-refractivity contribution is 5.97. The Labute approximate surface area is 101 Å². The SMILES string of the molecule is Cc1ccc(O)c(C(=O)NC(C)C(C)CO)c1. The number of hydrogen-bond donors (Lipinski definition) is 3. The summed E-state index contributed by atoms with van der Waals surface area (Å²) in [6, 6.07) is 4.74. The number of hydrogen-bond acceptors (Lipinski definition) is 3. The van der Waals surface area contributed by atoms with Gasteiger partial charge in [-0.3, -0.25) is 4.79 Å². The smallest absolute Gasteiger partial charge is 0.255 e. The van der Waals surface area contributed by atoms with Crippen LogP contribution < -0.4 is 5.32 Å². The van der Waals surface area contributed by atoms with Crippen molar-refractivity contribution in [1.82, 2.24) is 5.32 Å². The predicted octanol–water partition coefficient (Wildman–Crippen LogP) is 1.45. The van der Waals surface area contributed by atoms with Gasteiger partial charge in [0.1, 0.15) is 5.75 Å². The lowest BCUT2D eigenvalue weighted by Gasteiger charge is -2.19. The summed E-state index contributed by atoms with van der Waals surface area (Å²) in [6.07, 6.45) is 0. The number of carbonyl (C=O) groups is 1. The van der Waals surface area contributed by atoms with Crippen molar-refractivity contribution in [1.29, 1.82) is 0 Å². The van der Waals surface area contributed by atoms with Crippen LogP contribution in [0.5, 0.6) is 5.75 Å². The summed E-state index contributed by atoms with van der Waals surface area (Å²) in [7, 11) is 0. The molecule has 4 nitrogen and oxygen atoms in total. The number of amides is 1. The van der Waals surface area contributed by atoms with Gasteiger partial charge in [0.05, 0.1) is 5.56 Å². The molecule has 0 aliphatic heterocycles. The molecule has 0 heterocycles. The first-order chi connectivity index (χ1) is 7.95. The lowest BCUT2D eigenvalue weighted by molar-refractivity contribution is 0.0913. The molecule has 1 amide bonds. The van der Waals surface area contributed by atoms with Gasteiger partial charge in [-0.15, -0.1) is 0 Å². The second kappa shape index (κ2) is 5.68. The number of phenolic OH excluding ortho intramolecular Hbond substituents is 1. The molecule has 0 bridgehead atoms.